The van der Waals surface area contributed by atoms with E-state index in [1.54, 1.807) is 0 Å². The molecule has 0 radical (unpaired) electrons. The van der Waals surface area contributed by atoms with Crippen molar-refractivity contribution in [2.45, 2.75) is 25.4 Å². The zero-order valence-corrected chi connectivity index (χ0v) is 10.7. The van der Waals surface area contributed by atoms with Gasteiger partial charge < -0.3 is 10.5 Å². The van der Waals surface area contributed by atoms with Gasteiger partial charge in [0.05, 0.1) is 6.61 Å². The zero-order valence-electron chi connectivity index (χ0n) is 10.7. The van der Waals surface area contributed by atoms with Gasteiger partial charge in [0.15, 0.2) is 0 Å². The van der Waals surface area contributed by atoms with Crippen LogP contribution in [0.2, 0.25) is 0 Å². The molecule has 1 fully saturated rings. The Bertz CT molecular complexity index is 344. The number of nitrogens with zero attached hydrogens (tertiary/aromatic N) is 1. The maximum absolute atomic E-state index is 6.23. The van der Waals surface area contributed by atoms with Crippen molar-refractivity contribution in [1.82, 2.24) is 4.90 Å². The average molecular weight is 234 g/mol. The highest BCUT2D eigenvalue weighted by atomic mass is 16.5. The quantitative estimate of drug-likeness (QED) is 0.862. The first kappa shape index (κ1) is 12.6. The number of nitrogens with two attached hydrogens (primary N) is 1. The summed E-state index contributed by atoms with van der Waals surface area (Å²) in [6.45, 7) is 4.71. The van der Waals surface area contributed by atoms with Gasteiger partial charge in [-0.3, -0.25) is 4.90 Å². The van der Waals surface area contributed by atoms with Gasteiger partial charge in [0.1, 0.15) is 0 Å². The summed E-state index contributed by atoms with van der Waals surface area (Å²) in [5.41, 5.74) is 8.72. The van der Waals surface area contributed by atoms with Crippen LogP contribution in [0.3, 0.4) is 0 Å². The molecule has 17 heavy (non-hydrogen) atoms. The van der Waals surface area contributed by atoms with Gasteiger partial charge in [0, 0.05) is 25.2 Å². The SMILES string of the molecule is Cc1ccc(C(N)CN(C)C2CCOC2)cc1. The Morgan fingerprint density at radius 1 is 1.41 bits per heavy atom. The molecule has 1 aliphatic heterocycles. The fraction of sp³-hybridized carbons (Fsp3) is 0.571. The molecule has 94 valence electrons. The molecule has 0 aromatic heterocycles. The minimum absolute atomic E-state index is 0.0844. The first-order valence-corrected chi connectivity index (χ1v) is 6.27. The number of rotatable bonds is 4. The van der Waals surface area contributed by atoms with Crippen LogP contribution in [0, 0.1) is 6.92 Å². The molecular formula is C14H22N2O. The summed E-state index contributed by atoms with van der Waals surface area (Å²) in [6.07, 6.45) is 1.12. The van der Waals surface area contributed by atoms with Gasteiger partial charge in [0.25, 0.3) is 0 Å². The largest absolute Gasteiger partial charge is 0.380 e. The van der Waals surface area contributed by atoms with Crippen molar-refractivity contribution in [3.8, 4) is 0 Å². The predicted octanol–water partition coefficient (Wildman–Crippen LogP) is 1.72. The van der Waals surface area contributed by atoms with Crippen LogP contribution < -0.4 is 5.73 Å². The van der Waals surface area contributed by atoms with E-state index in [0.29, 0.717) is 6.04 Å². The molecule has 1 heterocycles. The third kappa shape index (κ3) is 3.28. The third-order valence-electron chi connectivity index (χ3n) is 3.52. The van der Waals surface area contributed by atoms with Gasteiger partial charge in [-0.15, -0.1) is 0 Å². The topological polar surface area (TPSA) is 38.5 Å². The first-order valence-electron chi connectivity index (χ1n) is 6.27. The molecule has 0 saturated carbocycles. The minimum atomic E-state index is 0.0844. The molecule has 0 aliphatic carbocycles. The number of hydrogen-bond donors (Lipinski definition) is 1. The maximum Gasteiger partial charge on any atom is 0.0622 e. The molecule has 1 aliphatic rings. The van der Waals surface area contributed by atoms with E-state index in [-0.39, 0.29) is 6.04 Å². The summed E-state index contributed by atoms with van der Waals surface area (Å²) < 4.78 is 5.40. The molecule has 3 heteroatoms. The number of benzene rings is 1. The van der Waals surface area contributed by atoms with E-state index in [2.05, 4.69) is 43.1 Å². The molecule has 3 nitrogen and oxygen atoms in total. The molecule has 2 N–H and O–H groups in total. The Morgan fingerprint density at radius 2 is 2.12 bits per heavy atom. The smallest absolute Gasteiger partial charge is 0.0622 e. The normalized spacial score (nSPS) is 22.0. The van der Waals surface area contributed by atoms with Gasteiger partial charge in [0.2, 0.25) is 0 Å². The Morgan fingerprint density at radius 3 is 2.71 bits per heavy atom. The fourth-order valence-electron chi connectivity index (χ4n) is 2.25. The highest BCUT2D eigenvalue weighted by molar-refractivity contribution is 5.24. The van der Waals surface area contributed by atoms with Crippen LogP contribution in [-0.4, -0.2) is 37.7 Å². The van der Waals surface area contributed by atoms with Gasteiger partial charge >= 0.3 is 0 Å². The van der Waals surface area contributed by atoms with Crippen molar-refractivity contribution in [3.05, 3.63) is 35.4 Å². The van der Waals surface area contributed by atoms with E-state index in [0.717, 1.165) is 26.2 Å². The second-order valence-electron chi connectivity index (χ2n) is 4.97. The molecule has 0 bridgehead atoms. The minimum Gasteiger partial charge on any atom is -0.380 e. The second-order valence-corrected chi connectivity index (χ2v) is 4.97. The van der Waals surface area contributed by atoms with Crippen LogP contribution in [0.25, 0.3) is 0 Å². The molecule has 0 spiro atoms. The Labute approximate surface area is 104 Å². The monoisotopic (exact) mass is 234 g/mol. The zero-order chi connectivity index (χ0) is 12.3. The molecule has 2 rings (SSSR count). The summed E-state index contributed by atoms with van der Waals surface area (Å²) in [6, 6.07) is 9.10. The highest BCUT2D eigenvalue weighted by Gasteiger charge is 2.21. The Hall–Kier alpha value is -0.900. The van der Waals surface area contributed by atoms with Crippen LogP contribution in [0.4, 0.5) is 0 Å². The molecule has 1 aromatic rings. The van der Waals surface area contributed by atoms with Gasteiger partial charge in [-0.05, 0) is 26.0 Å². The summed E-state index contributed by atoms with van der Waals surface area (Å²) in [7, 11) is 2.13. The number of ether oxygens (including phenoxy) is 1. The summed E-state index contributed by atoms with van der Waals surface area (Å²) in [5.74, 6) is 0. The third-order valence-corrected chi connectivity index (χ3v) is 3.52. The van der Waals surface area contributed by atoms with Crippen molar-refractivity contribution < 1.29 is 4.74 Å². The van der Waals surface area contributed by atoms with Crippen LogP contribution in [-0.2, 0) is 4.74 Å². The van der Waals surface area contributed by atoms with E-state index in [9.17, 15) is 0 Å². The second kappa shape index (κ2) is 5.63. The maximum atomic E-state index is 6.23. The standard InChI is InChI=1S/C14H22N2O/c1-11-3-5-12(6-4-11)14(15)9-16(2)13-7-8-17-10-13/h3-6,13-14H,7-10,15H2,1-2H3. The van der Waals surface area contributed by atoms with Gasteiger partial charge in [-0.2, -0.15) is 0 Å². The molecular weight excluding hydrogens is 212 g/mol. The molecule has 1 aromatic carbocycles. The van der Waals surface area contributed by atoms with Crippen LogP contribution in [0.5, 0.6) is 0 Å². The van der Waals surface area contributed by atoms with E-state index in [1.165, 1.54) is 11.1 Å². The van der Waals surface area contributed by atoms with Crippen molar-refractivity contribution in [1.29, 1.82) is 0 Å². The van der Waals surface area contributed by atoms with E-state index < -0.39 is 0 Å². The first-order chi connectivity index (χ1) is 8.16. The lowest BCUT2D eigenvalue weighted by Crippen LogP contribution is -2.37. The molecule has 0 amide bonds. The van der Waals surface area contributed by atoms with Crippen LogP contribution in [0.1, 0.15) is 23.6 Å². The van der Waals surface area contributed by atoms with Crippen molar-refractivity contribution in [2.24, 2.45) is 5.73 Å². The van der Waals surface area contributed by atoms with E-state index in [1.807, 2.05) is 0 Å². The molecule has 2 atom stereocenters. The lowest BCUT2D eigenvalue weighted by Gasteiger charge is -2.26. The lowest BCUT2D eigenvalue weighted by molar-refractivity contribution is 0.156. The van der Waals surface area contributed by atoms with E-state index >= 15 is 0 Å². The Kier molecular flexibility index (Phi) is 4.15. The number of hydrogen-bond acceptors (Lipinski definition) is 3. The van der Waals surface area contributed by atoms with Crippen molar-refractivity contribution in [3.63, 3.8) is 0 Å². The summed E-state index contributed by atoms with van der Waals surface area (Å²) >= 11 is 0. The fourth-order valence-corrected chi connectivity index (χ4v) is 2.25. The predicted molar refractivity (Wildman–Crippen MR) is 70.0 cm³/mol. The lowest BCUT2D eigenvalue weighted by atomic mass is 10.0. The van der Waals surface area contributed by atoms with Crippen LogP contribution >= 0.6 is 0 Å². The van der Waals surface area contributed by atoms with Crippen molar-refractivity contribution in [2.75, 3.05) is 26.8 Å². The average Bonchev–Trinajstić information content (AvgIpc) is 2.83. The van der Waals surface area contributed by atoms with E-state index in [4.69, 9.17) is 10.5 Å². The van der Waals surface area contributed by atoms with Crippen LogP contribution in [0.15, 0.2) is 24.3 Å². The number of likely N-dealkylation sites (N-methyl/N-ethyl adjacent to an activating group) is 1. The Balaban J connectivity index is 1.91. The van der Waals surface area contributed by atoms with Gasteiger partial charge in [-0.1, -0.05) is 29.8 Å². The van der Waals surface area contributed by atoms with Crippen molar-refractivity contribution >= 4 is 0 Å². The molecule has 1 saturated heterocycles. The summed E-state index contributed by atoms with van der Waals surface area (Å²) in [5, 5.41) is 0. The summed E-state index contributed by atoms with van der Waals surface area (Å²) in [4.78, 5) is 2.32. The van der Waals surface area contributed by atoms with Gasteiger partial charge in [-0.25, -0.2) is 0 Å². The highest BCUT2D eigenvalue weighted by Crippen LogP contribution is 2.16. The number of aryl methyl sites for hydroxylation is 1. The molecule has 2 unspecified atom stereocenters.